The Bertz CT molecular complexity index is 325. The Morgan fingerprint density at radius 2 is 2.22 bits per heavy atom. The van der Waals surface area contributed by atoms with Crippen LogP contribution in [0.3, 0.4) is 0 Å². The van der Waals surface area contributed by atoms with Crippen LogP contribution in [-0.2, 0) is 9.53 Å². The average Bonchev–Trinajstić information content (AvgIpc) is 2.70. The van der Waals surface area contributed by atoms with Gasteiger partial charge in [-0.05, 0) is 25.2 Å². The summed E-state index contributed by atoms with van der Waals surface area (Å²) < 4.78 is 4.99. The monoisotopic (exact) mass is 253 g/mol. The van der Waals surface area contributed by atoms with E-state index >= 15 is 0 Å². The highest BCUT2D eigenvalue weighted by atomic mass is 16.6. The first-order valence-electron chi connectivity index (χ1n) is 6.59. The molecule has 1 heterocycles. The number of allylic oxidation sites excluding steroid dienone is 1. The molecule has 0 aromatic heterocycles. The zero-order chi connectivity index (χ0) is 13.7. The van der Waals surface area contributed by atoms with Gasteiger partial charge in [0.1, 0.15) is 6.61 Å². The van der Waals surface area contributed by atoms with Gasteiger partial charge in [0.15, 0.2) is 0 Å². The second-order valence-corrected chi connectivity index (χ2v) is 5.22. The molecular formula is C14H23NO3. The van der Waals surface area contributed by atoms with Gasteiger partial charge in [0.05, 0.1) is 6.04 Å². The Morgan fingerprint density at radius 1 is 1.56 bits per heavy atom. The predicted molar refractivity (Wildman–Crippen MR) is 70.0 cm³/mol. The number of rotatable bonds is 6. The van der Waals surface area contributed by atoms with Crippen LogP contribution in [0.4, 0.5) is 4.79 Å². The summed E-state index contributed by atoms with van der Waals surface area (Å²) in [6.45, 7) is 9.84. The third-order valence-electron chi connectivity index (χ3n) is 3.38. The number of hydrogen-bond donors (Lipinski definition) is 0. The number of nitrogens with zero attached hydrogens (tertiary/aromatic N) is 1. The van der Waals surface area contributed by atoms with Crippen LogP contribution < -0.4 is 0 Å². The Kier molecular flexibility index (Phi) is 5.38. The van der Waals surface area contributed by atoms with Gasteiger partial charge in [-0.1, -0.05) is 26.8 Å². The number of ether oxygens (including phenoxy) is 1. The van der Waals surface area contributed by atoms with Gasteiger partial charge in [-0.3, -0.25) is 4.79 Å². The highest BCUT2D eigenvalue weighted by molar-refractivity contribution is 5.94. The maximum Gasteiger partial charge on any atom is 0.416 e. The molecule has 4 heteroatoms. The lowest BCUT2D eigenvalue weighted by Crippen LogP contribution is -2.44. The van der Waals surface area contributed by atoms with E-state index in [2.05, 4.69) is 6.58 Å². The summed E-state index contributed by atoms with van der Waals surface area (Å²) in [6.07, 6.45) is 3.95. The van der Waals surface area contributed by atoms with Gasteiger partial charge in [-0.2, -0.15) is 0 Å². The zero-order valence-corrected chi connectivity index (χ0v) is 11.5. The second kappa shape index (κ2) is 6.57. The molecule has 0 aromatic carbocycles. The van der Waals surface area contributed by atoms with Gasteiger partial charge < -0.3 is 4.74 Å². The summed E-state index contributed by atoms with van der Waals surface area (Å²) in [5, 5.41) is 0. The minimum atomic E-state index is -0.491. The van der Waals surface area contributed by atoms with E-state index in [1.54, 1.807) is 0 Å². The van der Waals surface area contributed by atoms with Crippen LogP contribution in [0.2, 0.25) is 0 Å². The fourth-order valence-electron chi connectivity index (χ4n) is 2.11. The Labute approximate surface area is 109 Å². The molecule has 0 aliphatic carbocycles. The van der Waals surface area contributed by atoms with Gasteiger partial charge >= 0.3 is 6.09 Å². The number of imide groups is 1. The van der Waals surface area contributed by atoms with E-state index in [-0.39, 0.29) is 23.8 Å². The van der Waals surface area contributed by atoms with Crippen molar-refractivity contribution >= 4 is 12.0 Å². The van der Waals surface area contributed by atoms with Crippen molar-refractivity contribution in [3.63, 3.8) is 0 Å². The third-order valence-corrected chi connectivity index (χ3v) is 3.38. The van der Waals surface area contributed by atoms with Crippen molar-refractivity contribution in [2.75, 3.05) is 6.61 Å². The van der Waals surface area contributed by atoms with Crippen molar-refractivity contribution in [1.29, 1.82) is 0 Å². The number of amides is 2. The zero-order valence-electron chi connectivity index (χ0n) is 11.5. The normalized spacial score (nSPS) is 21.0. The molecule has 1 aliphatic rings. The van der Waals surface area contributed by atoms with Crippen LogP contribution in [0.1, 0.15) is 40.0 Å². The molecule has 0 aromatic rings. The van der Waals surface area contributed by atoms with Crippen LogP contribution in [0, 0.1) is 11.8 Å². The number of cyclic esters (lactones) is 1. The van der Waals surface area contributed by atoms with Crippen molar-refractivity contribution in [3.8, 4) is 0 Å². The maximum atomic E-state index is 12.3. The molecule has 18 heavy (non-hydrogen) atoms. The number of carbonyl (C=O) groups is 2. The quantitative estimate of drug-likeness (QED) is 0.540. The molecule has 102 valence electrons. The van der Waals surface area contributed by atoms with Crippen LogP contribution >= 0.6 is 0 Å². The minimum absolute atomic E-state index is 0.111. The van der Waals surface area contributed by atoms with Crippen LogP contribution in [-0.4, -0.2) is 29.5 Å². The van der Waals surface area contributed by atoms with Gasteiger partial charge in [-0.25, -0.2) is 9.69 Å². The SMILES string of the molecule is C=CCCCC(C)C(=O)N1C(=O)OCC1C(C)C. The molecule has 4 nitrogen and oxygen atoms in total. The van der Waals surface area contributed by atoms with Crippen LogP contribution in [0.5, 0.6) is 0 Å². The van der Waals surface area contributed by atoms with E-state index < -0.39 is 6.09 Å². The van der Waals surface area contributed by atoms with E-state index in [0.29, 0.717) is 6.61 Å². The second-order valence-electron chi connectivity index (χ2n) is 5.22. The predicted octanol–water partition coefficient (Wildman–Crippen LogP) is 2.98. The lowest BCUT2D eigenvalue weighted by Gasteiger charge is -2.25. The summed E-state index contributed by atoms with van der Waals surface area (Å²) in [4.78, 5) is 25.2. The van der Waals surface area contributed by atoms with Crippen molar-refractivity contribution in [3.05, 3.63) is 12.7 Å². The third kappa shape index (κ3) is 3.34. The molecule has 1 aliphatic heterocycles. The standard InChI is InChI=1S/C14H23NO3/c1-5-6-7-8-11(4)13(16)15-12(10(2)3)9-18-14(15)17/h5,10-12H,1,6-9H2,2-4H3. The molecule has 0 N–H and O–H groups in total. The van der Waals surface area contributed by atoms with Crippen molar-refractivity contribution in [1.82, 2.24) is 4.90 Å². The first-order chi connectivity index (χ1) is 8.49. The molecule has 0 radical (unpaired) electrons. The summed E-state index contributed by atoms with van der Waals surface area (Å²) in [5.74, 6) is -0.0297. The van der Waals surface area contributed by atoms with E-state index in [9.17, 15) is 9.59 Å². The number of unbranched alkanes of at least 4 members (excludes halogenated alkanes) is 1. The van der Waals surface area contributed by atoms with Crippen molar-refractivity contribution in [2.24, 2.45) is 11.8 Å². The highest BCUT2D eigenvalue weighted by Gasteiger charge is 2.40. The van der Waals surface area contributed by atoms with Gasteiger partial charge in [0.2, 0.25) is 5.91 Å². The molecule has 1 fully saturated rings. The molecule has 0 spiro atoms. The van der Waals surface area contributed by atoms with E-state index in [1.807, 2.05) is 26.8 Å². The van der Waals surface area contributed by atoms with E-state index in [0.717, 1.165) is 19.3 Å². The largest absolute Gasteiger partial charge is 0.447 e. The molecule has 2 atom stereocenters. The molecule has 1 saturated heterocycles. The fourth-order valence-corrected chi connectivity index (χ4v) is 2.11. The molecular weight excluding hydrogens is 230 g/mol. The number of carbonyl (C=O) groups excluding carboxylic acids is 2. The first kappa shape index (κ1) is 14.7. The van der Waals surface area contributed by atoms with Crippen molar-refractivity contribution < 1.29 is 14.3 Å². The van der Waals surface area contributed by atoms with E-state index in [4.69, 9.17) is 4.74 Å². The lowest BCUT2D eigenvalue weighted by molar-refractivity contribution is -0.133. The Morgan fingerprint density at radius 3 is 2.78 bits per heavy atom. The molecule has 2 unspecified atom stereocenters. The summed E-state index contributed by atoms with van der Waals surface area (Å²) in [6, 6.07) is -0.119. The summed E-state index contributed by atoms with van der Waals surface area (Å²) in [5.41, 5.74) is 0. The summed E-state index contributed by atoms with van der Waals surface area (Å²) >= 11 is 0. The molecule has 1 rings (SSSR count). The Hall–Kier alpha value is -1.32. The van der Waals surface area contributed by atoms with Gasteiger partial charge in [0, 0.05) is 5.92 Å². The number of hydrogen-bond acceptors (Lipinski definition) is 3. The lowest BCUT2D eigenvalue weighted by atomic mass is 9.99. The molecule has 0 saturated carbocycles. The van der Waals surface area contributed by atoms with Crippen LogP contribution in [0.15, 0.2) is 12.7 Å². The summed E-state index contributed by atoms with van der Waals surface area (Å²) in [7, 11) is 0. The van der Waals surface area contributed by atoms with Crippen LogP contribution in [0.25, 0.3) is 0 Å². The maximum absolute atomic E-state index is 12.3. The Balaban J connectivity index is 2.62. The van der Waals surface area contributed by atoms with Gasteiger partial charge in [0.25, 0.3) is 0 Å². The minimum Gasteiger partial charge on any atom is -0.447 e. The van der Waals surface area contributed by atoms with Gasteiger partial charge in [-0.15, -0.1) is 6.58 Å². The average molecular weight is 253 g/mol. The highest BCUT2D eigenvalue weighted by Crippen LogP contribution is 2.23. The first-order valence-corrected chi connectivity index (χ1v) is 6.59. The molecule has 0 bridgehead atoms. The van der Waals surface area contributed by atoms with E-state index in [1.165, 1.54) is 4.90 Å². The topological polar surface area (TPSA) is 46.6 Å². The van der Waals surface area contributed by atoms with Crippen molar-refractivity contribution in [2.45, 2.75) is 46.1 Å². The molecule has 2 amide bonds. The fraction of sp³-hybridized carbons (Fsp3) is 0.714. The smallest absolute Gasteiger partial charge is 0.416 e.